The van der Waals surface area contributed by atoms with Gasteiger partial charge >= 0.3 is 0 Å². The first kappa shape index (κ1) is 10.9. The molecule has 5 heteroatoms. The van der Waals surface area contributed by atoms with E-state index in [0.29, 0.717) is 0 Å². The molecule has 0 bridgehead atoms. The van der Waals surface area contributed by atoms with Gasteiger partial charge in [0.1, 0.15) is 0 Å². The van der Waals surface area contributed by atoms with Crippen LogP contribution in [0.2, 0.25) is 0 Å². The largest absolute Gasteiger partial charge is 0.378 e. The second-order valence-electron chi connectivity index (χ2n) is 3.63. The number of anilines is 1. The van der Waals surface area contributed by atoms with Crippen LogP contribution in [0.25, 0.3) is 0 Å². The molecule has 0 unspecified atom stereocenters. The maximum Gasteiger partial charge on any atom is 0.185 e. The van der Waals surface area contributed by atoms with E-state index in [1.807, 2.05) is 7.05 Å². The first-order valence-corrected chi connectivity index (χ1v) is 6.06. The molecule has 1 aromatic rings. The van der Waals surface area contributed by atoms with Gasteiger partial charge in [0.15, 0.2) is 5.13 Å². The summed E-state index contributed by atoms with van der Waals surface area (Å²) in [5.41, 5.74) is 1.15. The number of rotatable bonds is 3. The molecule has 0 radical (unpaired) electrons. The van der Waals surface area contributed by atoms with E-state index in [1.165, 1.54) is 4.88 Å². The molecule has 0 aliphatic carbocycles. The van der Waals surface area contributed by atoms with Gasteiger partial charge in [0.05, 0.1) is 18.9 Å². The molecule has 0 saturated carbocycles. The van der Waals surface area contributed by atoms with Crippen LogP contribution in [0.3, 0.4) is 0 Å². The molecule has 2 heterocycles. The highest BCUT2D eigenvalue weighted by Gasteiger charge is 2.16. The van der Waals surface area contributed by atoms with Gasteiger partial charge in [0, 0.05) is 24.5 Å². The Morgan fingerprint density at radius 1 is 1.47 bits per heavy atom. The first-order chi connectivity index (χ1) is 7.31. The molecule has 0 amide bonds. The summed E-state index contributed by atoms with van der Waals surface area (Å²) in [4.78, 5) is 8.24. The lowest BCUT2D eigenvalue weighted by atomic mass is 10.4. The van der Waals surface area contributed by atoms with Crippen molar-refractivity contribution in [2.75, 3.05) is 38.3 Å². The smallest absolute Gasteiger partial charge is 0.185 e. The molecule has 2 rings (SSSR count). The normalized spacial score (nSPS) is 17.1. The van der Waals surface area contributed by atoms with Gasteiger partial charge in [-0.2, -0.15) is 0 Å². The van der Waals surface area contributed by atoms with Crippen molar-refractivity contribution in [2.45, 2.75) is 13.5 Å². The van der Waals surface area contributed by atoms with Crippen LogP contribution in [0.4, 0.5) is 5.13 Å². The highest BCUT2D eigenvalue weighted by molar-refractivity contribution is 7.15. The van der Waals surface area contributed by atoms with Gasteiger partial charge in [-0.25, -0.2) is 4.98 Å². The van der Waals surface area contributed by atoms with Crippen LogP contribution in [0.1, 0.15) is 10.6 Å². The Morgan fingerprint density at radius 2 is 2.20 bits per heavy atom. The van der Waals surface area contributed by atoms with Crippen LogP contribution in [-0.4, -0.2) is 38.3 Å². The lowest BCUT2D eigenvalue weighted by molar-refractivity contribution is 0.122. The summed E-state index contributed by atoms with van der Waals surface area (Å²) in [6.07, 6.45) is 0. The number of nitrogens with one attached hydrogen (secondary N) is 1. The highest BCUT2D eigenvalue weighted by atomic mass is 32.1. The summed E-state index contributed by atoms with van der Waals surface area (Å²) in [7, 11) is 1.97. The predicted molar refractivity (Wildman–Crippen MR) is 62.6 cm³/mol. The zero-order valence-corrected chi connectivity index (χ0v) is 10.1. The molecule has 0 spiro atoms. The molecular weight excluding hydrogens is 210 g/mol. The van der Waals surface area contributed by atoms with Crippen LogP contribution in [-0.2, 0) is 11.3 Å². The monoisotopic (exact) mass is 227 g/mol. The SMILES string of the molecule is CNCc1sc(N2CCOCC2)nc1C. The van der Waals surface area contributed by atoms with Crippen molar-refractivity contribution in [1.29, 1.82) is 0 Å². The van der Waals surface area contributed by atoms with Crippen LogP contribution in [0, 0.1) is 6.92 Å². The number of aryl methyl sites for hydroxylation is 1. The maximum atomic E-state index is 5.33. The minimum Gasteiger partial charge on any atom is -0.378 e. The van der Waals surface area contributed by atoms with Gasteiger partial charge in [-0.05, 0) is 14.0 Å². The summed E-state index contributed by atoms with van der Waals surface area (Å²) < 4.78 is 5.33. The summed E-state index contributed by atoms with van der Waals surface area (Å²) in [5.74, 6) is 0. The van der Waals surface area contributed by atoms with E-state index in [4.69, 9.17) is 4.74 Å². The molecule has 4 nitrogen and oxygen atoms in total. The van der Waals surface area contributed by atoms with Gasteiger partial charge < -0.3 is 15.0 Å². The Morgan fingerprint density at radius 3 is 2.87 bits per heavy atom. The van der Waals surface area contributed by atoms with E-state index in [2.05, 4.69) is 22.1 Å². The van der Waals surface area contributed by atoms with Crippen LogP contribution < -0.4 is 10.2 Å². The molecule has 1 aliphatic heterocycles. The Kier molecular flexibility index (Phi) is 3.56. The number of nitrogens with zero attached hydrogens (tertiary/aromatic N) is 2. The fraction of sp³-hybridized carbons (Fsp3) is 0.700. The van der Waals surface area contributed by atoms with Crippen LogP contribution in [0.5, 0.6) is 0 Å². The van der Waals surface area contributed by atoms with Gasteiger partial charge in [-0.3, -0.25) is 0 Å². The summed E-state index contributed by atoms with van der Waals surface area (Å²) >= 11 is 1.79. The van der Waals surface area contributed by atoms with E-state index in [9.17, 15) is 0 Å². The Hall–Kier alpha value is -0.650. The fourth-order valence-corrected chi connectivity index (χ4v) is 2.75. The molecule has 1 aliphatic rings. The minimum atomic E-state index is 0.819. The number of hydrogen-bond acceptors (Lipinski definition) is 5. The van der Waals surface area contributed by atoms with Crippen molar-refractivity contribution in [3.63, 3.8) is 0 Å². The van der Waals surface area contributed by atoms with Crippen LogP contribution >= 0.6 is 11.3 Å². The average molecular weight is 227 g/mol. The molecular formula is C10H17N3OS. The lowest BCUT2D eigenvalue weighted by Crippen LogP contribution is -2.36. The van der Waals surface area contributed by atoms with Crippen LogP contribution in [0.15, 0.2) is 0 Å². The predicted octanol–water partition coefficient (Wildman–Crippen LogP) is 1.01. The maximum absolute atomic E-state index is 5.33. The average Bonchev–Trinajstić information content (AvgIpc) is 2.63. The number of aromatic nitrogens is 1. The van der Waals surface area contributed by atoms with Crippen molar-refractivity contribution < 1.29 is 4.74 Å². The summed E-state index contributed by atoms with van der Waals surface area (Å²) in [5, 5.41) is 4.31. The van der Waals surface area contributed by atoms with Gasteiger partial charge in [0.2, 0.25) is 0 Å². The molecule has 1 N–H and O–H groups in total. The fourth-order valence-electron chi connectivity index (χ4n) is 1.63. The second kappa shape index (κ2) is 4.92. The molecule has 1 saturated heterocycles. The Labute approximate surface area is 94.3 Å². The Bertz CT molecular complexity index is 320. The third-order valence-corrected chi connectivity index (χ3v) is 3.72. The molecule has 1 aromatic heterocycles. The van der Waals surface area contributed by atoms with Crippen molar-refractivity contribution in [2.24, 2.45) is 0 Å². The number of hydrogen-bond donors (Lipinski definition) is 1. The molecule has 0 aromatic carbocycles. The third kappa shape index (κ3) is 2.48. The Balaban J connectivity index is 2.10. The third-order valence-electron chi connectivity index (χ3n) is 2.50. The standard InChI is InChI=1S/C10H17N3OS/c1-8-9(7-11-2)15-10(12-8)13-3-5-14-6-4-13/h11H,3-7H2,1-2H3. The zero-order valence-electron chi connectivity index (χ0n) is 9.25. The number of ether oxygens (including phenoxy) is 1. The van der Waals surface area contributed by atoms with Gasteiger partial charge in [0.25, 0.3) is 0 Å². The second-order valence-corrected chi connectivity index (χ2v) is 4.70. The van der Waals surface area contributed by atoms with E-state index in [0.717, 1.165) is 43.7 Å². The first-order valence-electron chi connectivity index (χ1n) is 5.25. The highest BCUT2D eigenvalue weighted by Crippen LogP contribution is 2.26. The van der Waals surface area contributed by atoms with E-state index in [1.54, 1.807) is 11.3 Å². The molecule has 15 heavy (non-hydrogen) atoms. The van der Waals surface area contributed by atoms with Crippen molar-refractivity contribution in [3.8, 4) is 0 Å². The molecule has 84 valence electrons. The lowest BCUT2D eigenvalue weighted by Gasteiger charge is -2.26. The quantitative estimate of drug-likeness (QED) is 0.836. The topological polar surface area (TPSA) is 37.4 Å². The van der Waals surface area contributed by atoms with Crippen molar-refractivity contribution >= 4 is 16.5 Å². The number of morpholine rings is 1. The minimum absolute atomic E-state index is 0.819. The number of thiazole rings is 1. The van der Waals surface area contributed by atoms with Crippen molar-refractivity contribution in [1.82, 2.24) is 10.3 Å². The van der Waals surface area contributed by atoms with E-state index < -0.39 is 0 Å². The molecule has 0 atom stereocenters. The van der Waals surface area contributed by atoms with E-state index in [-0.39, 0.29) is 0 Å². The summed E-state index contributed by atoms with van der Waals surface area (Å²) in [6.45, 7) is 6.55. The van der Waals surface area contributed by atoms with Gasteiger partial charge in [-0.1, -0.05) is 0 Å². The molecule has 1 fully saturated rings. The summed E-state index contributed by atoms with van der Waals surface area (Å²) in [6, 6.07) is 0. The van der Waals surface area contributed by atoms with Gasteiger partial charge in [-0.15, -0.1) is 11.3 Å². The zero-order chi connectivity index (χ0) is 10.7. The van der Waals surface area contributed by atoms with E-state index >= 15 is 0 Å². The van der Waals surface area contributed by atoms with Crippen molar-refractivity contribution in [3.05, 3.63) is 10.6 Å².